The molecule has 0 saturated heterocycles. The van der Waals surface area contributed by atoms with Crippen molar-refractivity contribution in [3.05, 3.63) is 71.3 Å². The van der Waals surface area contributed by atoms with Crippen molar-refractivity contribution < 1.29 is 18.8 Å². The first-order valence-corrected chi connectivity index (χ1v) is 26.1. The highest BCUT2D eigenvalue weighted by atomic mass is 28.4. The summed E-state index contributed by atoms with van der Waals surface area (Å²) in [6.07, 6.45) is 13.9. The highest BCUT2D eigenvalue weighted by molar-refractivity contribution is 6.74. The Balaban J connectivity index is 1.34. The van der Waals surface area contributed by atoms with Gasteiger partial charge >= 0.3 is 0 Å². The lowest BCUT2D eigenvalue weighted by molar-refractivity contribution is -0.124. The smallest absolute Gasteiger partial charge is 0.192 e. The van der Waals surface area contributed by atoms with Crippen LogP contribution in [0.15, 0.2) is 65.8 Å². The second kappa shape index (κ2) is 14.6. The third kappa shape index (κ3) is 8.26. The van der Waals surface area contributed by atoms with Crippen LogP contribution in [0.4, 0.5) is 0 Å². The number of allylic oxidation sites excluding steroid dienone is 3. The summed E-state index contributed by atoms with van der Waals surface area (Å²) in [5.41, 5.74) is 4.87. The molecule has 0 bridgehead atoms. The standard InChI is InChI=1S/C45H72O4Si2/c1-31-34(28-36(48-50(10,11)42(3,4)5)29-40(31)49-51(12,13)43(6,7)8)22-21-33-18-17-25-44(9)37(23-24-38(33)44)32(2)39(46)30-41(47)45(26-27-45)35-19-15-14-16-20-35/h14-16,19-22,32,36-40,46H,1,17-18,23-30H2,2-13H3/b33-21+,34-22-/t32-,36+,37+,38-,39?,40-,44+/m0/s1. The molecule has 4 aliphatic rings. The van der Waals surface area contributed by atoms with E-state index >= 15 is 0 Å². The van der Waals surface area contributed by atoms with Crippen LogP contribution < -0.4 is 0 Å². The molecule has 1 aromatic rings. The molecule has 0 aromatic heterocycles. The Bertz CT molecular complexity index is 1490. The average molecular weight is 733 g/mol. The van der Waals surface area contributed by atoms with Gasteiger partial charge in [0.25, 0.3) is 0 Å². The molecule has 1 aromatic carbocycles. The molecule has 284 valence electrons. The number of hydrogen-bond acceptors (Lipinski definition) is 4. The van der Waals surface area contributed by atoms with E-state index in [0.29, 0.717) is 11.8 Å². The highest BCUT2D eigenvalue weighted by Gasteiger charge is 2.54. The number of aliphatic hydroxyl groups excluding tert-OH is 1. The summed E-state index contributed by atoms with van der Waals surface area (Å²) in [6, 6.07) is 10.2. The monoisotopic (exact) mass is 732 g/mol. The van der Waals surface area contributed by atoms with Crippen LogP contribution in [0, 0.1) is 23.2 Å². The van der Waals surface area contributed by atoms with Gasteiger partial charge in [0, 0.05) is 12.8 Å². The van der Waals surface area contributed by atoms with Gasteiger partial charge < -0.3 is 14.0 Å². The van der Waals surface area contributed by atoms with Crippen molar-refractivity contribution in [1.29, 1.82) is 0 Å². The molecule has 4 fully saturated rings. The number of benzene rings is 1. The number of fused-ring (bicyclic) bond motifs is 1. The Morgan fingerprint density at radius 2 is 1.57 bits per heavy atom. The molecule has 4 nitrogen and oxygen atoms in total. The second-order valence-corrected chi connectivity index (χ2v) is 29.9. The van der Waals surface area contributed by atoms with E-state index in [1.807, 2.05) is 18.2 Å². The lowest BCUT2D eigenvalue weighted by atomic mass is 9.60. The summed E-state index contributed by atoms with van der Waals surface area (Å²) in [5.74, 6) is 1.23. The molecular formula is C45H72O4Si2. The summed E-state index contributed by atoms with van der Waals surface area (Å²) in [6.45, 7) is 32.8. The Morgan fingerprint density at radius 1 is 0.961 bits per heavy atom. The summed E-state index contributed by atoms with van der Waals surface area (Å²) < 4.78 is 14.2. The minimum atomic E-state index is -2.02. The maximum atomic E-state index is 13.6. The quantitative estimate of drug-likeness (QED) is 0.230. The Morgan fingerprint density at radius 3 is 2.16 bits per heavy atom. The summed E-state index contributed by atoms with van der Waals surface area (Å²) >= 11 is 0. The van der Waals surface area contributed by atoms with Crippen LogP contribution in [0.3, 0.4) is 0 Å². The molecule has 51 heavy (non-hydrogen) atoms. The van der Waals surface area contributed by atoms with E-state index in [0.717, 1.165) is 56.1 Å². The normalized spacial score (nSPS) is 31.4. The lowest BCUT2D eigenvalue weighted by Gasteiger charge is -2.46. The minimum absolute atomic E-state index is 0.0201. The molecule has 6 heteroatoms. The van der Waals surface area contributed by atoms with Gasteiger partial charge in [-0.1, -0.05) is 110 Å². The fourth-order valence-corrected chi connectivity index (χ4v) is 12.0. The molecule has 1 unspecified atom stereocenters. The van der Waals surface area contributed by atoms with Crippen molar-refractivity contribution in [3.63, 3.8) is 0 Å². The highest BCUT2D eigenvalue weighted by Crippen LogP contribution is 2.60. The Labute approximate surface area is 314 Å². The van der Waals surface area contributed by atoms with E-state index in [1.165, 1.54) is 18.4 Å². The number of carbonyl (C=O) groups is 1. The van der Waals surface area contributed by atoms with Crippen LogP contribution in [-0.2, 0) is 19.1 Å². The van der Waals surface area contributed by atoms with Gasteiger partial charge in [0.05, 0.1) is 23.7 Å². The second-order valence-electron chi connectivity index (χ2n) is 20.4. The van der Waals surface area contributed by atoms with Crippen molar-refractivity contribution in [2.24, 2.45) is 23.2 Å². The van der Waals surface area contributed by atoms with Crippen molar-refractivity contribution in [1.82, 2.24) is 0 Å². The van der Waals surface area contributed by atoms with E-state index in [-0.39, 0.29) is 51.2 Å². The average Bonchev–Trinajstić information content (AvgIpc) is 3.77. The van der Waals surface area contributed by atoms with E-state index in [2.05, 4.69) is 112 Å². The molecular weight excluding hydrogens is 661 g/mol. The lowest BCUT2D eigenvalue weighted by Crippen LogP contribution is -2.49. The van der Waals surface area contributed by atoms with E-state index in [4.69, 9.17) is 8.85 Å². The zero-order valence-corrected chi connectivity index (χ0v) is 36.5. The number of hydrogen-bond donors (Lipinski definition) is 1. The molecule has 7 atom stereocenters. The molecule has 4 aliphatic carbocycles. The molecule has 0 amide bonds. The van der Waals surface area contributed by atoms with Gasteiger partial charge in [-0.25, -0.2) is 0 Å². The first-order valence-electron chi connectivity index (χ1n) is 20.2. The van der Waals surface area contributed by atoms with E-state index < -0.39 is 22.7 Å². The summed E-state index contributed by atoms with van der Waals surface area (Å²) in [4.78, 5) is 13.6. The third-order valence-corrected chi connectivity index (χ3v) is 24.0. The molecule has 0 heterocycles. The maximum absolute atomic E-state index is 13.6. The number of Topliss-reactive ketones (excluding diaryl/α,β-unsaturated/α-hetero) is 1. The minimum Gasteiger partial charge on any atom is -0.413 e. The zero-order valence-electron chi connectivity index (χ0n) is 34.5. The van der Waals surface area contributed by atoms with Gasteiger partial charge in [-0.05, 0) is 128 Å². The summed E-state index contributed by atoms with van der Waals surface area (Å²) in [7, 11) is -4.00. The molecule has 5 rings (SSSR count). The number of ketones is 1. The fraction of sp³-hybridized carbons (Fsp3) is 0.711. The van der Waals surface area contributed by atoms with Gasteiger partial charge in [-0.2, -0.15) is 0 Å². The van der Waals surface area contributed by atoms with E-state index in [1.54, 1.807) is 5.57 Å². The molecule has 0 aliphatic heterocycles. The first-order chi connectivity index (χ1) is 23.5. The zero-order chi connectivity index (χ0) is 37.8. The van der Waals surface area contributed by atoms with Gasteiger partial charge in [0.2, 0.25) is 0 Å². The predicted molar refractivity (Wildman–Crippen MR) is 219 cm³/mol. The van der Waals surface area contributed by atoms with Gasteiger partial charge in [-0.15, -0.1) is 0 Å². The fourth-order valence-electron chi connectivity index (χ4n) is 9.36. The van der Waals surface area contributed by atoms with Crippen molar-refractivity contribution >= 4 is 22.4 Å². The topological polar surface area (TPSA) is 55.8 Å². The van der Waals surface area contributed by atoms with Crippen LogP contribution in [-0.4, -0.2) is 45.8 Å². The Kier molecular flexibility index (Phi) is 11.6. The number of aliphatic hydroxyl groups is 1. The van der Waals surface area contributed by atoms with Gasteiger partial charge in [-0.3, -0.25) is 4.79 Å². The first kappa shape index (κ1) is 40.6. The number of carbonyl (C=O) groups excluding carboxylic acids is 1. The molecule has 4 saturated carbocycles. The van der Waals surface area contributed by atoms with Crippen LogP contribution in [0.25, 0.3) is 0 Å². The molecule has 0 spiro atoms. The maximum Gasteiger partial charge on any atom is 0.192 e. The van der Waals surface area contributed by atoms with Gasteiger partial charge in [0.15, 0.2) is 16.6 Å². The largest absolute Gasteiger partial charge is 0.413 e. The van der Waals surface area contributed by atoms with Crippen LogP contribution in [0.5, 0.6) is 0 Å². The Hall–Kier alpha value is -1.58. The van der Waals surface area contributed by atoms with Crippen LogP contribution in [0.2, 0.25) is 36.3 Å². The summed E-state index contributed by atoms with van der Waals surface area (Å²) in [5, 5.41) is 11.9. The van der Waals surface area contributed by atoms with E-state index in [9.17, 15) is 9.90 Å². The van der Waals surface area contributed by atoms with Crippen LogP contribution >= 0.6 is 0 Å². The molecule has 1 N–H and O–H groups in total. The number of rotatable bonds is 11. The molecule has 0 radical (unpaired) electrons. The van der Waals surface area contributed by atoms with Gasteiger partial charge in [0.1, 0.15) is 5.78 Å². The third-order valence-electron chi connectivity index (χ3n) is 15.0. The predicted octanol–water partition coefficient (Wildman–Crippen LogP) is 11.9. The van der Waals surface area contributed by atoms with Crippen LogP contribution in [0.1, 0.15) is 125 Å². The van der Waals surface area contributed by atoms with Crippen molar-refractivity contribution in [2.75, 3.05) is 0 Å². The van der Waals surface area contributed by atoms with Crippen molar-refractivity contribution in [2.45, 2.75) is 180 Å². The van der Waals surface area contributed by atoms with Crippen molar-refractivity contribution in [3.8, 4) is 0 Å². The SMILES string of the molecule is C=C1/C(=C\C=C2/CCC[C@]3(C)[C@@H]([C@H](C)C(O)CC(=O)C4(c5ccccc5)CC4)CC[C@@H]23)C[C@@H](O[Si](C)(C)C(C)(C)C)C[C@@H]1O[Si](C)(C)C(C)(C)C.